The molecule has 0 amide bonds. The average molecular weight is 499 g/mol. The van der Waals surface area contributed by atoms with Crippen LogP contribution in [-0.4, -0.2) is 62.9 Å². The van der Waals surface area contributed by atoms with Gasteiger partial charge in [0.1, 0.15) is 0 Å². The van der Waals surface area contributed by atoms with Crippen LogP contribution in [0.3, 0.4) is 0 Å². The normalized spacial score (nSPS) is 25.2. The Balaban J connectivity index is 2.75. The van der Waals surface area contributed by atoms with Crippen LogP contribution >= 0.6 is 0 Å². The lowest BCUT2D eigenvalue weighted by Crippen LogP contribution is -2.52. The first-order valence-electron chi connectivity index (χ1n) is 11.9. The van der Waals surface area contributed by atoms with Crippen molar-refractivity contribution in [2.75, 3.05) is 34.0 Å². The van der Waals surface area contributed by atoms with Crippen molar-refractivity contribution in [1.29, 1.82) is 0 Å². The van der Waals surface area contributed by atoms with Gasteiger partial charge in [0.05, 0.1) is 27.8 Å². The highest BCUT2D eigenvalue weighted by molar-refractivity contribution is 6.83. The number of esters is 2. The van der Waals surface area contributed by atoms with Crippen molar-refractivity contribution >= 4 is 28.8 Å². The fourth-order valence-electron chi connectivity index (χ4n) is 5.46. The molecule has 7 nitrogen and oxygen atoms in total. The highest BCUT2D eigenvalue weighted by atomic mass is 28.4. The Bertz CT molecular complexity index is 738. The Morgan fingerprint density at radius 2 is 1.45 bits per heavy atom. The zero-order valence-corrected chi connectivity index (χ0v) is 23.6. The molecule has 9 heteroatoms. The Morgan fingerprint density at radius 1 is 0.970 bits per heavy atom. The maximum absolute atomic E-state index is 13.0. The lowest BCUT2D eigenvalue weighted by atomic mass is 9.83. The molecule has 0 N–H and O–H groups in total. The van der Waals surface area contributed by atoms with Crippen LogP contribution in [0.2, 0.25) is 25.2 Å². The maximum atomic E-state index is 13.0. The van der Waals surface area contributed by atoms with Gasteiger partial charge in [0, 0.05) is 19.8 Å². The molecular formula is C24H42O7Si2. The summed E-state index contributed by atoms with van der Waals surface area (Å²) in [6.07, 6.45) is 3.66. The van der Waals surface area contributed by atoms with Crippen molar-refractivity contribution < 1.29 is 32.3 Å². The van der Waals surface area contributed by atoms with Gasteiger partial charge in [0.25, 0.3) is 0 Å². The number of fused-ring (bicyclic) bond motifs is 1. The SMILES string of the molecule is C=C1CC([Si](C)(C)C)=C[C@@H]([Si](OCC)(OCC)OCC)[C@@H]2CC(C(=O)OC)(C(=O)OC)C[C@H]12. The van der Waals surface area contributed by atoms with Gasteiger partial charge < -0.3 is 22.8 Å². The Morgan fingerprint density at radius 3 is 1.85 bits per heavy atom. The van der Waals surface area contributed by atoms with E-state index in [-0.39, 0.29) is 23.8 Å². The van der Waals surface area contributed by atoms with Gasteiger partial charge in [0.2, 0.25) is 0 Å². The van der Waals surface area contributed by atoms with Crippen LogP contribution in [0, 0.1) is 17.3 Å². The van der Waals surface area contributed by atoms with Crippen molar-refractivity contribution in [1.82, 2.24) is 0 Å². The van der Waals surface area contributed by atoms with Gasteiger partial charge in [-0.15, -0.1) is 0 Å². The van der Waals surface area contributed by atoms with Crippen molar-refractivity contribution in [3.63, 3.8) is 0 Å². The number of carbonyl (C=O) groups excluding carboxylic acids is 2. The van der Waals surface area contributed by atoms with Crippen molar-refractivity contribution in [3.05, 3.63) is 23.4 Å². The molecule has 0 heterocycles. The Labute approximate surface area is 201 Å². The van der Waals surface area contributed by atoms with E-state index in [4.69, 9.17) is 22.8 Å². The fraction of sp³-hybridized carbons (Fsp3) is 0.750. The minimum Gasteiger partial charge on any atom is -0.468 e. The summed E-state index contributed by atoms with van der Waals surface area (Å²) >= 11 is 0. The fourth-order valence-corrected chi connectivity index (χ4v) is 10.4. The van der Waals surface area contributed by atoms with E-state index in [0.29, 0.717) is 26.2 Å². The van der Waals surface area contributed by atoms with Crippen LogP contribution < -0.4 is 0 Å². The topological polar surface area (TPSA) is 80.3 Å². The van der Waals surface area contributed by atoms with E-state index in [1.165, 1.54) is 19.4 Å². The highest BCUT2D eigenvalue weighted by Gasteiger charge is 2.64. The minimum absolute atomic E-state index is 0.0773. The molecule has 3 atom stereocenters. The molecule has 33 heavy (non-hydrogen) atoms. The standard InChI is InChI=1S/C24H42O7Si2/c1-10-29-33(30-11-2,31-12-3)21-14-18(32(7,8)9)13-17(4)19-15-24(16-20(19)21,22(25)27-5)23(26)28-6/h14,19-21H,4,10-13,15-16H2,1-3,5-9H3/t19-,20-,21-/m1/s1. The summed E-state index contributed by atoms with van der Waals surface area (Å²) in [4.78, 5) is 26.0. The summed E-state index contributed by atoms with van der Waals surface area (Å²) in [7, 11) is -2.27. The van der Waals surface area contributed by atoms with Crippen LogP contribution in [-0.2, 0) is 32.3 Å². The van der Waals surface area contributed by atoms with Crippen molar-refractivity contribution in [2.24, 2.45) is 17.3 Å². The van der Waals surface area contributed by atoms with Crippen LogP contribution in [0.15, 0.2) is 23.4 Å². The molecule has 1 saturated carbocycles. The number of allylic oxidation sites excluding steroid dienone is 3. The van der Waals surface area contributed by atoms with Crippen molar-refractivity contribution in [2.45, 2.75) is 65.2 Å². The van der Waals surface area contributed by atoms with Crippen LogP contribution in [0.25, 0.3) is 0 Å². The second-order valence-electron chi connectivity index (χ2n) is 9.95. The predicted octanol–water partition coefficient (Wildman–Crippen LogP) is 4.53. The maximum Gasteiger partial charge on any atom is 0.508 e. The van der Waals surface area contributed by atoms with E-state index in [2.05, 4.69) is 32.3 Å². The van der Waals surface area contributed by atoms with Crippen LogP contribution in [0.1, 0.15) is 40.0 Å². The third kappa shape index (κ3) is 5.37. The van der Waals surface area contributed by atoms with Gasteiger partial charge in [-0.3, -0.25) is 9.59 Å². The summed E-state index contributed by atoms with van der Waals surface area (Å²) < 4.78 is 29.3. The van der Waals surface area contributed by atoms with Crippen molar-refractivity contribution in [3.8, 4) is 0 Å². The largest absolute Gasteiger partial charge is 0.508 e. The van der Waals surface area contributed by atoms with E-state index in [9.17, 15) is 9.59 Å². The van der Waals surface area contributed by atoms with Crippen LogP contribution in [0.5, 0.6) is 0 Å². The summed E-state index contributed by atoms with van der Waals surface area (Å²) in [5, 5.41) is 1.38. The quantitative estimate of drug-likeness (QED) is 0.189. The zero-order chi connectivity index (χ0) is 25.0. The number of ether oxygens (including phenoxy) is 2. The van der Waals surface area contributed by atoms with Gasteiger partial charge in [-0.1, -0.05) is 43.1 Å². The van der Waals surface area contributed by atoms with E-state index in [0.717, 1.165) is 12.0 Å². The first-order valence-corrected chi connectivity index (χ1v) is 17.2. The molecule has 1 fully saturated rings. The minimum atomic E-state index is -3.21. The van der Waals surface area contributed by atoms with E-state index in [1.807, 2.05) is 20.8 Å². The third-order valence-electron chi connectivity index (χ3n) is 7.01. The zero-order valence-electron chi connectivity index (χ0n) is 21.6. The summed E-state index contributed by atoms with van der Waals surface area (Å²) in [5.41, 5.74) is -0.521. The van der Waals surface area contributed by atoms with E-state index >= 15 is 0 Å². The van der Waals surface area contributed by atoms with Crippen LogP contribution in [0.4, 0.5) is 0 Å². The molecule has 0 bridgehead atoms. The van der Waals surface area contributed by atoms with Gasteiger partial charge in [-0.2, -0.15) is 0 Å². The summed E-state index contributed by atoms with van der Waals surface area (Å²) in [6.45, 7) is 18.6. The summed E-state index contributed by atoms with van der Waals surface area (Å²) in [5.74, 6) is -1.30. The number of hydrogen-bond donors (Lipinski definition) is 0. The Kier molecular flexibility index (Phi) is 9.31. The van der Waals surface area contributed by atoms with Gasteiger partial charge in [-0.25, -0.2) is 0 Å². The molecule has 0 aromatic carbocycles. The monoisotopic (exact) mass is 498 g/mol. The molecule has 188 valence electrons. The average Bonchev–Trinajstić information content (AvgIpc) is 3.10. The highest BCUT2D eigenvalue weighted by Crippen LogP contribution is 2.59. The molecule has 0 aromatic heterocycles. The number of rotatable bonds is 10. The van der Waals surface area contributed by atoms with Gasteiger partial charge in [-0.05, 0) is 51.9 Å². The molecule has 0 aliphatic heterocycles. The molecule has 2 aliphatic carbocycles. The lowest BCUT2D eigenvalue weighted by molar-refractivity contribution is -0.169. The second kappa shape index (κ2) is 11.0. The predicted molar refractivity (Wildman–Crippen MR) is 132 cm³/mol. The first kappa shape index (κ1) is 28.0. The second-order valence-corrected chi connectivity index (χ2v) is 17.8. The molecular weight excluding hydrogens is 456 g/mol. The number of carbonyl (C=O) groups is 2. The lowest BCUT2D eigenvalue weighted by Gasteiger charge is -2.38. The smallest absolute Gasteiger partial charge is 0.468 e. The molecule has 0 aromatic rings. The van der Waals surface area contributed by atoms with Gasteiger partial charge >= 0.3 is 20.7 Å². The number of methoxy groups -OCH3 is 2. The number of hydrogen-bond acceptors (Lipinski definition) is 7. The summed E-state index contributed by atoms with van der Waals surface area (Å²) in [6, 6.07) is 0. The Hall–Kier alpha value is -1.27. The molecule has 2 rings (SSSR count). The molecule has 0 radical (unpaired) electrons. The first-order chi connectivity index (χ1) is 15.5. The van der Waals surface area contributed by atoms with Gasteiger partial charge in [0.15, 0.2) is 5.41 Å². The van der Waals surface area contributed by atoms with E-state index in [1.54, 1.807) is 0 Å². The molecule has 0 unspecified atom stereocenters. The molecule has 2 aliphatic rings. The molecule has 0 saturated heterocycles. The van der Waals surface area contributed by atoms with E-state index < -0.39 is 34.2 Å². The third-order valence-corrected chi connectivity index (χ3v) is 12.8. The molecule has 0 spiro atoms.